The van der Waals surface area contributed by atoms with Crippen LogP contribution in [0.3, 0.4) is 0 Å². The molecule has 94 valence electrons. The molecule has 4 nitrogen and oxygen atoms in total. The fourth-order valence-corrected chi connectivity index (χ4v) is 1.75. The Kier molecular flexibility index (Phi) is 4.97. The Bertz CT molecular complexity index is 402. The quantitative estimate of drug-likeness (QED) is 0.766. The number of ether oxygens (including phenoxy) is 2. The number of ketones is 1. The second-order valence-electron chi connectivity index (χ2n) is 3.75. The van der Waals surface area contributed by atoms with E-state index < -0.39 is 0 Å². The Labute approximate surface area is 102 Å². The van der Waals surface area contributed by atoms with Gasteiger partial charge in [-0.1, -0.05) is 0 Å². The molecule has 0 atom stereocenters. The van der Waals surface area contributed by atoms with Gasteiger partial charge >= 0.3 is 0 Å². The van der Waals surface area contributed by atoms with Crippen LogP contribution in [0, 0.1) is 6.92 Å². The van der Waals surface area contributed by atoms with E-state index in [1.54, 1.807) is 26.4 Å². The van der Waals surface area contributed by atoms with Gasteiger partial charge in [-0.15, -0.1) is 0 Å². The Morgan fingerprint density at radius 3 is 2.53 bits per heavy atom. The van der Waals surface area contributed by atoms with Crippen LogP contribution < -0.4 is 14.8 Å². The molecule has 0 bridgehead atoms. The standard InChI is InChI=1S/C13H19NO3/c1-9-12(16-3)6-5-10(13(9)17-4)11(15)7-8-14-2/h5-6,14H,7-8H2,1-4H3. The zero-order valence-corrected chi connectivity index (χ0v) is 10.8. The molecule has 1 N–H and O–H groups in total. The predicted octanol–water partition coefficient (Wildman–Crippen LogP) is 1.80. The van der Waals surface area contributed by atoms with Crippen LogP contribution in [0.1, 0.15) is 22.3 Å². The highest BCUT2D eigenvalue weighted by Crippen LogP contribution is 2.31. The topological polar surface area (TPSA) is 47.6 Å². The highest BCUT2D eigenvalue weighted by atomic mass is 16.5. The molecule has 4 heteroatoms. The van der Waals surface area contributed by atoms with Crippen molar-refractivity contribution >= 4 is 5.78 Å². The normalized spacial score (nSPS) is 10.1. The van der Waals surface area contributed by atoms with Gasteiger partial charge in [0.05, 0.1) is 19.8 Å². The van der Waals surface area contributed by atoms with Crippen molar-refractivity contribution in [3.63, 3.8) is 0 Å². The number of carbonyl (C=O) groups excluding carboxylic acids is 1. The molecule has 0 fully saturated rings. The summed E-state index contributed by atoms with van der Waals surface area (Å²) in [6, 6.07) is 3.55. The van der Waals surface area contributed by atoms with Crippen LogP contribution in [0.5, 0.6) is 11.5 Å². The number of benzene rings is 1. The second-order valence-corrected chi connectivity index (χ2v) is 3.75. The lowest BCUT2D eigenvalue weighted by molar-refractivity contribution is 0.0980. The predicted molar refractivity (Wildman–Crippen MR) is 67.2 cm³/mol. The molecule has 0 radical (unpaired) electrons. The van der Waals surface area contributed by atoms with Crippen molar-refractivity contribution in [2.45, 2.75) is 13.3 Å². The lowest BCUT2D eigenvalue weighted by Crippen LogP contribution is -2.14. The summed E-state index contributed by atoms with van der Waals surface area (Å²) >= 11 is 0. The van der Waals surface area contributed by atoms with Crippen molar-refractivity contribution in [1.82, 2.24) is 5.32 Å². The van der Waals surface area contributed by atoms with Crippen LogP contribution in [-0.2, 0) is 0 Å². The van der Waals surface area contributed by atoms with Gasteiger partial charge in [0.25, 0.3) is 0 Å². The van der Waals surface area contributed by atoms with Crippen LogP contribution >= 0.6 is 0 Å². The Hall–Kier alpha value is -1.55. The Balaban J connectivity index is 3.07. The van der Waals surface area contributed by atoms with E-state index in [1.165, 1.54) is 0 Å². The summed E-state index contributed by atoms with van der Waals surface area (Å²) in [7, 11) is 4.99. The van der Waals surface area contributed by atoms with Gasteiger partial charge in [-0.25, -0.2) is 0 Å². The molecule has 0 saturated heterocycles. The number of carbonyl (C=O) groups is 1. The van der Waals surface area contributed by atoms with Gasteiger partial charge in [0.1, 0.15) is 11.5 Å². The van der Waals surface area contributed by atoms with Gasteiger partial charge in [-0.05, 0) is 26.1 Å². The molecule has 0 aromatic heterocycles. The summed E-state index contributed by atoms with van der Waals surface area (Å²) in [6.45, 7) is 2.54. The van der Waals surface area contributed by atoms with Crippen molar-refractivity contribution in [2.75, 3.05) is 27.8 Å². The molecule has 1 aromatic rings. The van der Waals surface area contributed by atoms with Crippen LogP contribution in [0.2, 0.25) is 0 Å². The maximum absolute atomic E-state index is 12.0. The highest BCUT2D eigenvalue weighted by Gasteiger charge is 2.16. The zero-order chi connectivity index (χ0) is 12.8. The van der Waals surface area contributed by atoms with Crippen molar-refractivity contribution in [3.8, 4) is 11.5 Å². The molecule has 0 spiro atoms. The minimum absolute atomic E-state index is 0.0713. The SMILES string of the molecule is CNCCC(=O)c1ccc(OC)c(C)c1OC. The first-order valence-electron chi connectivity index (χ1n) is 5.55. The first kappa shape index (κ1) is 13.5. The van der Waals surface area contributed by atoms with Gasteiger partial charge in [0.15, 0.2) is 5.78 Å². The van der Waals surface area contributed by atoms with Gasteiger partial charge in [-0.2, -0.15) is 0 Å². The van der Waals surface area contributed by atoms with Crippen LogP contribution in [0.15, 0.2) is 12.1 Å². The summed E-state index contributed by atoms with van der Waals surface area (Å²) in [5.74, 6) is 1.40. The third kappa shape index (κ3) is 2.97. The van der Waals surface area contributed by atoms with Gasteiger partial charge in [0, 0.05) is 18.5 Å². The van der Waals surface area contributed by atoms with E-state index in [2.05, 4.69) is 5.32 Å². The fraction of sp³-hybridized carbons (Fsp3) is 0.462. The first-order chi connectivity index (χ1) is 8.15. The van der Waals surface area contributed by atoms with E-state index in [4.69, 9.17) is 9.47 Å². The number of rotatable bonds is 6. The van der Waals surface area contributed by atoms with Crippen molar-refractivity contribution < 1.29 is 14.3 Å². The molecule has 0 unspecified atom stereocenters. The van der Waals surface area contributed by atoms with Crippen molar-refractivity contribution in [1.29, 1.82) is 0 Å². The molecule has 0 amide bonds. The van der Waals surface area contributed by atoms with E-state index in [0.717, 1.165) is 11.3 Å². The highest BCUT2D eigenvalue weighted by molar-refractivity contribution is 5.99. The number of Topliss-reactive ketones (excluding diaryl/α,β-unsaturated/α-hetero) is 1. The van der Waals surface area contributed by atoms with E-state index in [9.17, 15) is 4.79 Å². The fourth-order valence-electron chi connectivity index (χ4n) is 1.75. The smallest absolute Gasteiger partial charge is 0.167 e. The first-order valence-corrected chi connectivity index (χ1v) is 5.55. The summed E-state index contributed by atoms with van der Waals surface area (Å²) in [5, 5.41) is 2.96. The van der Waals surface area contributed by atoms with Crippen LogP contribution in [0.4, 0.5) is 0 Å². The van der Waals surface area contributed by atoms with Gasteiger partial charge < -0.3 is 14.8 Å². The Morgan fingerprint density at radius 1 is 1.29 bits per heavy atom. The number of hydrogen-bond acceptors (Lipinski definition) is 4. The minimum Gasteiger partial charge on any atom is -0.496 e. The summed E-state index contributed by atoms with van der Waals surface area (Å²) < 4.78 is 10.5. The van der Waals surface area contributed by atoms with E-state index in [-0.39, 0.29) is 5.78 Å². The average molecular weight is 237 g/mol. The van der Waals surface area contributed by atoms with Crippen molar-refractivity contribution in [3.05, 3.63) is 23.3 Å². The summed E-state index contributed by atoms with van der Waals surface area (Å²) in [4.78, 5) is 12.0. The third-order valence-corrected chi connectivity index (χ3v) is 2.68. The molecule has 1 aromatic carbocycles. The largest absolute Gasteiger partial charge is 0.496 e. The molecule has 0 heterocycles. The zero-order valence-electron chi connectivity index (χ0n) is 10.8. The van der Waals surface area contributed by atoms with Gasteiger partial charge in [0.2, 0.25) is 0 Å². The molecule has 0 saturated carbocycles. The average Bonchev–Trinajstić information content (AvgIpc) is 2.35. The minimum atomic E-state index is 0.0713. The second kappa shape index (κ2) is 6.25. The molecule has 0 aliphatic heterocycles. The molecular weight excluding hydrogens is 218 g/mol. The maximum Gasteiger partial charge on any atom is 0.167 e. The van der Waals surface area contributed by atoms with E-state index >= 15 is 0 Å². The summed E-state index contributed by atoms with van der Waals surface area (Å²) in [6.07, 6.45) is 0.457. The van der Waals surface area contributed by atoms with Crippen LogP contribution in [-0.4, -0.2) is 33.6 Å². The number of methoxy groups -OCH3 is 2. The van der Waals surface area contributed by atoms with E-state index in [0.29, 0.717) is 24.3 Å². The molecule has 17 heavy (non-hydrogen) atoms. The van der Waals surface area contributed by atoms with Crippen molar-refractivity contribution in [2.24, 2.45) is 0 Å². The van der Waals surface area contributed by atoms with Gasteiger partial charge in [-0.3, -0.25) is 4.79 Å². The molecule has 1 rings (SSSR count). The molecular formula is C13H19NO3. The summed E-state index contributed by atoms with van der Waals surface area (Å²) in [5.41, 5.74) is 1.46. The maximum atomic E-state index is 12.0. The lowest BCUT2D eigenvalue weighted by atomic mass is 10.0. The molecule has 0 aliphatic carbocycles. The third-order valence-electron chi connectivity index (χ3n) is 2.68. The number of hydrogen-bond donors (Lipinski definition) is 1. The molecule has 0 aliphatic rings. The van der Waals surface area contributed by atoms with Crippen LogP contribution in [0.25, 0.3) is 0 Å². The van der Waals surface area contributed by atoms with E-state index in [1.807, 2.05) is 14.0 Å². The number of nitrogens with one attached hydrogen (secondary N) is 1. The monoisotopic (exact) mass is 237 g/mol. The Morgan fingerprint density at radius 2 is 2.00 bits per heavy atom. The lowest BCUT2D eigenvalue weighted by Gasteiger charge is -2.13.